The average molecular weight is 343 g/mol. The number of hydrogen-bond donors (Lipinski definition) is 2. The van der Waals surface area contributed by atoms with Crippen molar-refractivity contribution < 1.29 is 14.4 Å². The van der Waals surface area contributed by atoms with Crippen LogP contribution in [0.3, 0.4) is 0 Å². The Labute approximate surface area is 148 Å². The first-order valence-electron chi connectivity index (χ1n) is 8.36. The molecule has 1 aromatic carbocycles. The van der Waals surface area contributed by atoms with Gasteiger partial charge in [0.2, 0.25) is 0 Å². The first kappa shape index (κ1) is 18.9. The number of anilines is 1. The van der Waals surface area contributed by atoms with Crippen molar-refractivity contribution in [3.05, 3.63) is 42.1 Å². The van der Waals surface area contributed by atoms with E-state index in [4.69, 9.17) is 0 Å². The van der Waals surface area contributed by atoms with Gasteiger partial charge in [-0.3, -0.25) is 9.59 Å². The smallest absolute Gasteiger partial charge is 0.168 e. The summed E-state index contributed by atoms with van der Waals surface area (Å²) in [6, 6.07) is 9.42. The molecule has 1 aromatic rings. The second-order valence-corrected chi connectivity index (χ2v) is 6.72. The maximum Gasteiger partial charge on any atom is 0.168 e. The summed E-state index contributed by atoms with van der Waals surface area (Å²) in [5.41, 5.74) is 0.0385. The first-order valence-corrected chi connectivity index (χ1v) is 8.36. The molecule has 1 aliphatic rings. The van der Waals surface area contributed by atoms with Gasteiger partial charge in [-0.2, -0.15) is 0 Å². The predicted molar refractivity (Wildman–Crippen MR) is 97.3 cm³/mol. The third-order valence-corrected chi connectivity index (χ3v) is 4.24. The number of nitrogens with one attached hydrogen (secondary N) is 2. The van der Waals surface area contributed by atoms with Crippen molar-refractivity contribution in [3.63, 3.8) is 0 Å². The second-order valence-electron chi connectivity index (χ2n) is 6.72. The molecule has 0 bridgehead atoms. The lowest BCUT2D eigenvalue weighted by Gasteiger charge is -2.31. The van der Waals surface area contributed by atoms with Crippen LogP contribution in [0, 0.1) is 5.41 Å². The van der Waals surface area contributed by atoms with E-state index in [9.17, 15) is 14.4 Å². The number of hydrogen-bond acceptors (Lipinski definition) is 6. The van der Waals surface area contributed by atoms with Crippen molar-refractivity contribution in [1.29, 1.82) is 0 Å². The third-order valence-electron chi connectivity index (χ3n) is 4.24. The highest BCUT2D eigenvalue weighted by molar-refractivity contribution is 6.23. The zero-order valence-electron chi connectivity index (χ0n) is 14.7. The number of Topliss-reactive ketones (excluding diaryl/α,β-unsaturated/α-hetero) is 2. The number of rotatable bonds is 8. The van der Waals surface area contributed by atoms with E-state index < -0.39 is 5.41 Å². The number of carbonyl (C=O) groups is 3. The van der Waals surface area contributed by atoms with Crippen LogP contribution < -0.4 is 10.6 Å². The zero-order valence-corrected chi connectivity index (χ0v) is 14.7. The van der Waals surface area contributed by atoms with Crippen LogP contribution in [0.25, 0.3) is 0 Å². The van der Waals surface area contributed by atoms with Gasteiger partial charge in [-0.25, -0.2) is 0 Å². The summed E-state index contributed by atoms with van der Waals surface area (Å²) in [5.74, 6) is -0.564. The lowest BCUT2D eigenvalue weighted by atomic mass is 9.72. The Morgan fingerprint density at radius 1 is 1.12 bits per heavy atom. The molecule has 0 heterocycles. The Morgan fingerprint density at radius 3 is 2.32 bits per heavy atom. The van der Waals surface area contributed by atoms with Crippen molar-refractivity contribution in [3.8, 4) is 0 Å². The van der Waals surface area contributed by atoms with Crippen LogP contribution in [0.4, 0.5) is 5.69 Å². The summed E-state index contributed by atoms with van der Waals surface area (Å²) in [4.78, 5) is 38.4. The van der Waals surface area contributed by atoms with Crippen molar-refractivity contribution >= 4 is 23.5 Å². The van der Waals surface area contributed by atoms with E-state index in [1.165, 1.54) is 6.20 Å². The van der Waals surface area contributed by atoms with Gasteiger partial charge in [0.05, 0.1) is 11.0 Å². The highest BCUT2D eigenvalue weighted by Gasteiger charge is 2.42. The SMILES string of the molecule is CN(C)CCNC=C1C(=O)CC(C=O)(CNc2ccccc2)CC1=O. The Balaban J connectivity index is 2.00. The van der Waals surface area contributed by atoms with Crippen LogP contribution >= 0.6 is 0 Å². The summed E-state index contributed by atoms with van der Waals surface area (Å²) >= 11 is 0. The van der Waals surface area contributed by atoms with E-state index in [1.807, 2.05) is 49.3 Å². The standard InChI is InChI=1S/C19H25N3O3/c1-22(2)9-8-20-12-16-17(24)10-19(14-23,11-18(16)25)13-21-15-6-4-3-5-7-15/h3-7,12,14,20-21H,8-11,13H2,1-2H3. The van der Waals surface area contributed by atoms with Crippen molar-refractivity contribution in [2.75, 3.05) is 39.0 Å². The fraction of sp³-hybridized carbons (Fsp3) is 0.421. The lowest BCUT2D eigenvalue weighted by molar-refractivity contribution is -0.133. The minimum Gasteiger partial charge on any atom is -0.389 e. The van der Waals surface area contributed by atoms with Gasteiger partial charge in [0.25, 0.3) is 0 Å². The number of aldehydes is 1. The average Bonchev–Trinajstić information content (AvgIpc) is 2.59. The van der Waals surface area contributed by atoms with Gasteiger partial charge in [0.1, 0.15) is 6.29 Å². The molecule has 0 atom stereocenters. The van der Waals surface area contributed by atoms with Crippen molar-refractivity contribution in [2.24, 2.45) is 5.41 Å². The molecule has 2 rings (SSSR count). The molecular weight excluding hydrogens is 318 g/mol. The van der Waals surface area contributed by atoms with Crippen LogP contribution in [0.1, 0.15) is 12.8 Å². The van der Waals surface area contributed by atoms with Crippen LogP contribution in [0.15, 0.2) is 42.1 Å². The Hall–Kier alpha value is -2.47. The van der Waals surface area contributed by atoms with Crippen LogP contribution in [0.2, 0.25) is 0 Å². The Kier molecular flexibility index (Phi) is 6.47. The molecule has 0 aromatic heterocycles. The number of allylic oxidation sites excluding steroid dienone is 1. The van der Waals surface area contributed by atoms with E-state index in [0.717, 1.165) is 18.5 Å². The number of ketones is 2. The first-order chi connectivity index (χ1) is 12.0. The summed E-state index contributed by atoms with van der Waals surface area (Å²) in [6.45, 7) is 1.70. The molecule has 0 saturated heterocycles. The van der Waals surface area contributed by atoms with Gasteiger partial charge in [0.15, 0.2) is 11.6 Å². The molecule has 0 spiro atoms. The molecule has 25 heavy (non-hydrogen) atoms. The maximum absolute atomic E-state index is 12.4. The molecule has 1 fully saturated rings. The highest BCUT2D eigenvalue weighted by Crippen LogP contribution is 2.33. The number of likely N-dealkylation sites (N-methyl/N-ethyl adjacent to an activating group) is 1. The largest absolute Gasteiger partial charge is 0.389 e. The van der Waals surface area contributed by atoms with E-state index >= 15 is 0 Å². The molecule has 0 radical (unpaired) electrons. The summed E-state index contributed by atoms with van der Waals surface area (Å²) in [7, 11) is 3.90. The quantitative estimate of drug-likeness (QED) is 0.320. The predicted octanol–water partition coefficient (Wildman–Crippen LogP) is 1.25. The van der Waals surface area contributed by atoms with E-state index in [1.54, 1.807) is 0 Å². The molecule has 0 aliphatic heterocycles. The van der Waals surface area contributed by atoms with Crippen molar-refractivity contribution in [2.45, 2.75) is 12.8 Å². The summed E-state index contributed by atoms with van der Waals surface area (Å²) in [5, 5.41) is 6.15. The molecular formula is C19H25N3O3. The molecule has 0 amide bonds. The van der Waals surface area contributed by atoms with Gasteiger partial charge in [-0.05, 0) is 26.2 Å². The van der Waals surface area contributed by atoms with Crippen LogP contribution in [-0.2, 0) is 14.4 Å². The number of benzene rings is 1. The molecule has 1 aliphatic carbocycles. The van der Waals surface area contributed by atoms with Crippen LogP contribution in [0.5, 0.6) is 0 Å². The molecule has 6 nitrogen and oxygen atoms in total. The normalized spacial score (nSPS) is 20.5. The highest BCUT2D eigenvalue weighted by atomic mass is 16.2. The number of para-hydroxylation sites is 1. The number of nitrogens with zero attached hydrogens (tertiary/aromatic N) is 1. The van der Waals surface area contributed by atoms with Gasteiger partial charge < -0.3 is 20.3 Å². The summed E-state index contributed by atoms with van der Waals surface area (Å²) in [6.07, 6.45) is 2.33. The second kappa shape index (κ2) is 8.58. The van der Waals surface area contributed by atoms with Crippen molar-refractivity contribution in [1.82, 2.24) is 10.2 Å². The molecule has 0 unspecified atom stereocenters. The van der Waals surface area contributed by atoms with Gasteiger partial charge in [0, 0.05) is 44.4 Å². The van der Waals surface area contributed by atoms with Gasteiger partial charge in [-0.1, -0.05) is 18.2 Å². The Bertz CT molecular complexity index is 633. The molecule has 134 valence electrons. The molecule has 1 saturated carbocycles. The Morgan fingerprint density at radius 2 is 1.76 bits per heavy atom. The molecule has 2 N–H and O–H groups in total. The number of carbonyl (C=O) groups excluding carboxylic acids is 3. The maximum atomic E-state index is 12.4. The van der Waals surface area contributed by atoms with Crippen LogP contribution in [-0.4, -0.2) is 56.5 Å². The van der Waals surface area contributed by atoms with Gasteiger partial charge >= 0.3 is 0 Å². The topological polar surface area (TPSA) is 78.5 Å². The lowest BCUT2D eigenvalue weighted by Crippen LogP contribution is -2.42. The minimum atomic E-state index is -0.981. The third kappa shape index (κ3) is 5.26. The fourth-order valence-electron chi connectivity index (χ4n) is 2.76. The van der Waals surface area contributed by atoms with Gasteiger partial charge in [-0.15, -0.1) is 0 Å². The molecule has 6 heteroatoms. The van der Waals surface area contributed by atoms with E-state index in [2.05, 4.69) is 10.6 Å². The van der Waals surface area contributed by atoms with E-state index in [0.29, 0.717) is 6.54 Å². The minimum absolute atomic E-state index is 0.0449. The zero-order chi connectivity index (χ0) is 18.3. The summed E-state index contributed by atoms with van der Waals surface area (Å²) < 4.78 is 0. The van der Waals surface area contributed by atoms with E-state index in [-0.39, 0.29) is 36.5 Å². The fourth-order valence-corrected chi connectivity index (χ4v) is 2.76. The monoisotopic (exact) mass is 343 g/mol.